The summed E-state index contributed by atoms with van der Waals surface area (Å²) >= 11 is 0. The Hall–Kier alpha value is -3.36. The van der Waals surface area contributed by atoms with E-state index in [0.29, 0.717) is 23.5 Å². The van der Waals surface area contributed by atoms with E-state index < -0.39 is 10.0 Å². The summed E-state index contributed by atoms with van der Waals surface area (Å²) in [5, 5.41) is 2.95. The van der Waals surface area contributed by atoms with Crippen LogP contribution in [-0.4, -0.2) is 53.0 Å². The van der Waals surface area contributed by atoms with Crippen LogP contribution in [0.3, 0.4) is 0 Å². The highest BCUT2D eigenvalue weighted by atomic mass is 32.2. The largest absolute Gasteiger partial charge is 0.495 e. The van der Waals surface area contributed by atoms with Gasteiger partial charge in [-0.05, 0) is 62.5 Å². The second-order valence-electron chi connectivity index (χ2n) is 7.85. The maximum Gasteiger partial charge on any atom is 0.262 e. The number of amides is 1. The van der Waals surface area contributed by atoms with Gasteiger partial charge in [-0.2, -0.15) is 0 Å². The van der Waals surface area contributed by atoms with E-state index in [1.165, 1.54) is 36.9 Å². The van der Waals surface area contributed by atoms with Gasteiger partial charge < -0.3 is 15.0 Å². The summed E-state index contributed by atoms with van der Waals surface area (Å²) in [5.74, 6) is 0.166. The first kappa shape index (κ1) is 24.3. The van der Waals surface area contributed by atoms with Gasteiger partial charge in [0.15, 0.2) is 0 Å². The van der Waals surface area contributed by atoms with Crippen molar-refractivity contribution in [2.75, 3.05) is 32.5 Å². The average Bonchev–Trinajstić information content (AvgIpc) is 2.82. The standard InChI is InChI=1S/C25H29N3O4S/c1-28(2)21(17-19-9-5-4-6-10-19)18-26-25(29)20-13-15-22(16-14-20)33(30,31)27-23-11-7-8-12-24(23)32-3/h4-16,21,27H,17-18H2,1-3H3,(H,26,29). The molecule has 0 fully saturated rings. The Kier molecular flexibility index (Phi) is 8.08. The number of carbonyl (C=O) groups excluding carboxylic acids is 1. The molecule has 0 saturated heterocycles. The van der Waals surface area contributed by atoms with Crippen LogP contribution in [0.2, 0.25) is 0 Å². The molecular formula is C25H29N3O4S. The highest BCUT2D eigenvalue weighted by Crippen LogP contribution is 2.26. The zero-order valence-electron chi connectivity index (χ0n) is 19.0. The van der Waals surface area contributed by atoms with Gasteiger partial charge in [-0.1, -0.05) is 42.5 Å². The topological polar surface area (TPSA) is 87.7 Å². The second kappa shape index (κ2) is 11.0. The monoisotopic (exact) mass is 467 g/mol. The molecule has 0 aliphatic carbocycles. The lowest BCUT2D eigenvalue weighted by atomic mass is 10.1. The molecule has 1 amide bonds. The van der Waals surface area contributed by atoms with Crippen molar-refractivity contribution in [2.45, 2.75) is 17.4 Å². The van der Waals surface area contributed by atoms with Gasteiger partial charge in [0.2, 0.25) is 0 Å². The number of methoxy groups -OCH3 is 1. The number of rotatable bonds is 10. The zero-order valence-corrected chi connectivity index (χ0v) is 19.8. The summed E-state index contributed by atoms with van der Waals surface area (Å²) in [6, 6.07) is 22.8. The molecule has 8 heteroatoms. The van der Waals surface area contributed by atoms with Crippen molar-refractivity contribution in [3.8, 4) is 5.75 Å². The van der Waals surface area contributed by atoms with Gasteiger partial charge >= 0.3 is 0 Å². The van der Waals surface area contributed by atoms with Crippen molar-refractivity contribution in [3.05, 3.63) is 90.0 Å². The summed E-state index contributed by atoms with van der Waals surface area (Å²) in [6.45, 7) is 0.468. The number of nitrogens with zero attached hydrogens (tertiary/aromatic N) is 1. The van der Waals surface area contributed by atoms with E-state index in [-0.39, 0.29) is 16.8 Å². The Morgan fingerprint density at radius 3 is 2.21 bits per heavy atom. The van der Waals surface area contributed by atoms with Crippen LogP contribution in [0.1, 0.15) is 15.9 Å². The Morgan fingerprint density at radius 2 is 1.58 bits per heavy atom. The van der Waals surface area contributed by atoms with Crippen molar-refractivity contribution in [1.82, 2.24) is 10.2 Å². The molecule has 3 aromatic carbocycles. The highest BCUT2D eigenvalue weighted by molar-refractivity contribution is 7.92. The van der Waals surface area contributed by atoms with Gasteiger partial charge in [-0.3, -0.25) is 9.52 Å². The smallest absolute Gasteiger partial charge is 0.262 e. The maximum atomic E-state index is 12.7. The first-order valence-corrected chi connectivity index (χ1v) is 12.0. The van der Waals surface area contributed by atoms with Crippen LogP contribution in [0.25, 0.3) is 0 Å². The molecule has 174 valence electrons. The second-order valence-corrected chi connectivity index (χ2v) is 9.53. The number of hydrogen-bond acceptors (Lipinski definition) is 5. The van der Waals surface area contributed by atoms with Crippen molar-refractivity contribution in [3.63, 3.8) is 0 Å². The van der Waals surface area contributed by atoms with Crippen molar-refractivity contribution in [2.24, 2.45) is 0 Å². The summed E-state index contributed by atoms with van der Waals surface area (Å²) in [4.78, 5) is 14.8. The maximum absolute atomic E-state index is 12.7. The van der Waals surface area contributed by atoms with Crippen LogP contribution in [0.4, 0.5) is 5.69 Å². The van der Waals surface area contributed by atoms with Gasteiger partial charge in [-0.15, -0.1) is 0 Å². The SMILES string of the molecule is COc1ccccc1NS(=O)(=O)c1ccc(C(=O)NCC(Cc2ccccc2)N(C)C)cc1. The van der Waals surface area contributed by atoms with Gasteiger partial charge in [0.05, 0.1) is 17.7 Å². The minimum atomic E-state index is -3.83. The van der Waals surface area contributed by atoms with E-state index in [4.69, 9.17) is 4.74 Å². The lowest BCUT2D eigenvalue weighted by Crippen LogP contribution is -2.41. The molecule has 1 atom stereocenters. The minimum absolute atomic E-state index is 0.0557. The lowest BCUT2D eigenvalue weighted by molar-refractivity contribution is 0.0941. The molecule has 0 heterocycles. The van der Waals surface area contributed by atoms with E-state index in [1.807, 2.05) is 32.3 Å². The zero-order chi connectivity index (χ0) is 23.8. The van der Waals surface area contributed by atoms with Crippen LogP contribution in [0, 0.1) is 0 Å². The van der Waals surface area contributed by atoms with Crippen molar-refractivity contribution in [1.29, 1.82) is 0 Å². The molecule has 0 bridgehead atoms. The third-order valence-corrected chi connectivity index (χ3v) is 6.70. The molecule has 0 aliphatic rings. The molecule has 0 spiro atoms. The van der Waals surface area contributed by atoms with Crippen LogP contribution in [-0.2, 0) is 16.4 Å². The fraction of sp³-hybridized carbons (Fsp3) is 0.240. The number of para-hydroxylation sites is 2. The Balaban J connectivity index is 1.64. The number of nitrogens with one attached hydrogen (secondary N) is 2. The number of sulfonamides is 1. The lowest BCUT2D eigenvalue weighted by Gasteiger charge is -2.24. The van der Waals surface area contributed by atoms with Gasteiger partial charge in [0, 0.05) is 18.2 Å². The van der Waals surface area contributed by atoms with Crippen molar-refractivity contribution < 1.29 is 17.9 Å². The summed E-state index contributed by atoms with van der Waals surface area (Å²) in [6.07, 6.45) is 0.805. The summed E-state index contributed by atoms with van der Waals surface area (Å²) < 4.78 is 33.2. The number of anilines is 1. The first-order chi connectivity index (χ1) is 15.8. The van der Waals surface area contributed by atoms with E-state index in [1.54, 1.807) is 24.3 Å². The molecule has 3 rings (SSSR count). The summed E-state index contributed by atoms with van der Waals surface area (Å²) in [5.41, 5.74) is 1.93. The van der Waals surface area contributed by atoms with Crippen molar-refractivity contribution >= 4 is 21.6 Å². The number of benzene rings is 3. The molecule has 3 aromatic rings. The number of hydrogen-bond donors (Lipinski definition) is 2. The van der Waals surface area contributed by atoms with Gasteiger partial charge in [-0.25, -0.2) is 8.42 Å². The molecule has 0 aromatic heterocycles. The predicted octanol–water partition coefficient (Wildman–Crippen LogP) is 3.40. The van der Waals surface area contributed by atoms with E-state index in [0.717, 1.165) is 6.42 Å². The van der Waals surface area contributed by atoms with Crippen LogP contribution >= 0.6 is 0 Å². The Bertz CT molecular complexity index is 1160. The van der Waals surface area contributed by atoms with Crippen LogP contribution < -0.4 is 14.8 Å². The number of carbonyl (C=O) groups is 1. The Morgan fingerprint density at radius 1 is 0.939 bits per heavy atom. The molecule has 0 radical (unpaired) electrons. The average molecular weight is 468 g/mol. The molecule has 7 nitrogen and oxygen atoms in total. The van der Waals surface area contributed by atoms with E-state index in [9.17, 15) is 13.2 Å². The van der Waals surface area contributed by atoms with E-state index >= 15 is 0 Å². The molecule has 2 N–H and O–H groups in total. The Labute approximate surface area is 195 Å². The summed E-state index contributed by atoms with van der Waals surface area (Å²) in [7, 11) is 1.61. The first-order valence-electron chi connectivity index (χ1n) is 10.5. The third-order valence-electron chi connectivity index (χ3n) is 5.32. The predicted molar refractivity (Wildman–Crippen MR) is 130 cm³/mol. The fourth-order valence-electron chi connectivity index (χ4n) is 3.35. The van der Waals surface area contributed by atoms with E-state index in [2.05, 4.69) is 27.1 Å². The number of ether oxygens (including phenoxy) is 1. The normalized spacial score (nSPS) is 12.2. The van der Waals surface area contributed by atoms with Crippen LogP contribution in [0.5, 0.6) is 5.75 Å². The van der Waals surface area contributed by atoms with Gasteiger partial charge in [0.1, 0.15) is 5.75 Å². The fourth-order valence-corrected chi connectivity index (χ4v) is 4.42. The molecule has 1 unspecified atom stereocenters. The molecule has 33 heavy (non-hydrogen) atoms. The quantitative estimate of drug-likeness (QED) is 0.477. The van der Waals surface area contributed by atoms with Crippen LogP contribution in [0.15, 0.2) is 83.8 Å². The molecule has 0 saturated carbocycles. The molecular weight excluding hydrogens is 438 g/mol. The molecule has 0 aliphatic heterocycles. The van der Waals surface area contributed by atoms with Gasteiger partial charge in [0.25, 0.3) is 15.9 Å². The minimum Gasteiger partial charge on any atom is -0.495 e. The highest BCUT2D eigenvalue weighted by Gasteiger charge is 2.18. The third kappa shape index (κ3) is 6.57. The number of likely N-dealkylation sites (N-methyl/N-ethyl adjacent to an activating group) is 1.